The van der Waals surface area contributed by atoms with E-state index in [1.807, 2.05) is 69.5 Å². The van der Waals surface area contributed by atoms with Crippen LogP contribution in [-0.4, -0.2) is 75.3 Å². The number of nitro groups is 1. The van der Waals surface area contributed by atoms with Crippen molar-refractivity contribution in [2.75, 3.05) is 26.1 Å². The fraction of sp³-hybridized carbons (Fsp3) is 0.423. The van der Waals surface area contributed by atoms with E-state index >= 15 is 4.79 Å². The average molecular weight is 938 g/mol. The number of thioether (sulfide) groups is 1. The Labute approximate surface area is 395 Å². The second kappa shape index (κ2) is 21.9. The minimum Gasteiger partial charge on any atom is -0.459 e. The Morgan fingerprint density at radius 2 is 1.64 bits per heavy atom. The molecule has 13 nitrogen and oxygen atoms in total. The van der Waals surface area contributed by atoms with Crippen LogP contribution >= 0.6 is 11.8 Å². The number of fused-ring (bicyclic) bond motifs is 2. The van der Waals surface area contributed by atoms with Gasteiger partial charge in [-0.3, -0.25) is 15.0 Å². The van der Waals surface area contributed by atoms with Gasteiger partial charge in [-0.15, -0.1) is 18.3 Å². The number of hydrogen-bond donors (Lipinski definition) is 2. The van der Waals surface area contributed by atoms with Crippen LogP contribution in [0.3, 0.4) is 0 Å². The maximum atomic E-state index is 15.0. The number of halogens is 1. The topological polar surface area (TPSA) is 162 Å². The fourth-order valence-electron chi connectivity index (χ4n) is 9.57. The lowest BCUT2D eigenvalue weighted by Gasteiger charge is -2.60. The lowest BCUT2D eigenvalue weighted by Crippen LogP contribution is -2.70. The maximum Gasteiger partial charge on any atom is 0.416 e. The summed E-state index contributed by atoms with van der Waals surface area (Å²) >= 11 is 1.64. The first kappa shape index (κ1) is 49.2. The van der Waals surface area contributed by atoms with Gasteiger partial charge in [-0.25, -0.2) is 9.18 Å². The molecule has 15 heteroatoms. The number of aliphatic hydroxyl groups is 2. The van der Waals surface area contributed by atoms with Crippen molar-refractivity contribution in [3.05, 3.63) is 142 Å². The van der Waals surface area contributed by atoms with Gasteiger partial charge in [0.2, 0.25) is 5.79 Å². The molecule has 0 saturated heterocycles. The van der Waals surface area contributed by atoms with Crippen LogP contribution in [0.1, 0.15) is 82.8 Å². The zero-order chi connectivity index (χ0) is 47.7. The van der Waals surface area contributed by atoms with Gasteiger partial charge in [-0.05, 0) is 142 Å². The van der Waals surface area contributed by atoms with Gasteiger partial charge in [0.05, 0.1) is 23.2 Å². The Hall–Kier alpha value is -5.74. The van der Waals surface area contributed by atoms with Crippen molar-refractivity contribution in [3.8, 4) is 23.0 Å². The molecule has 1 saturated carbocycles. The second-order valence-electron chi connectivity index (χ2n) is 18.1. The van der Waals surface area contributed by atoms with E-state index in [-0.39, 0.29) is 62.0 Å². The van der Waals surface area contributed by atoms with Crippen molar-refractivity contribution in [2.24, 2.45) is 22.9 Å². The quantitative estimate of drug-likeness (QED) is 0.0285. The molecule has 2 N–H and O–H groups in total. The van der Waals surface area contributed by atoms with E-state index in [9.17, 15) is 24.7 Å². The lowest BCUT2D eigenvalue weighted by molar-refractivity contribution is -0.384. The summed E-state index contributed by atoms with van der Waals surface area (Å²) in [6.45, 7) is 9.77. The third-order valence-corrected chi connectivity index (χ3v) is 13.2. The molecule has 1 amide bonds. The van der Waals surface area contributed by atoms with Gasteiger partial charge >= 0.3 is 6.09 Å². The summed E-state index contributed by atoms with van der Waals surface area (Å²) in [6, 6.07) is 23.7. The van der Waals surface area contributed by atoms with Crippen molar-refractivity contribution in [3.63, 3.8) is 0 Å². The summed E-state index contributed by atoms with van der Waals surface area (Å²) in [5, 5.41) is 36.4. The van der Waals surface area contributed by atoms with E-state index in [1.165, 1.54) is 41.3 Å². The average Bonchev–Trinajstić information content (AvgIpc) is 3.31. The number of nitro benzene ring substituents is 1. The second-order valence-corrected chi connectivity index (χ2v) is 19.0. The number of unbranched alkanes of at least 4 members (excludes halogenated alkanes) is 2. The van der Waals surface area contributed by atoms with Crippen molar-refractivity contribution in [2.45, 2.75) is 101 Å². The zero-order valence-corrected chi connectivity index (χ0v) is 39.3. The highest BCUT2D eigenvalue weighted by Gasteiger charge is 2.66. The molecular weight excluding hydrogens is 878 g/mol. The number of oxime groups is 1. The molecular formula is C52H60FN3O10S. The smallest absolute Gasteiger partial charge is 0.416 e. The molecule has 4 aromatic carbocycles. The van der Waals surface area contributed by atoms with Gasteiger partial charge < -0.3 is 34.0 Å². The molecule has 6 atom stereocenters. The van der Waals surface area contributed by atoms with Gasteiger partial charge in [-0.2, -0.15) is 0 Å². The number of carbonyl (C=O) groups excluding carboxylic acids is 1. The van der Waals surface area contributed by atoms with Gasteiger partial charge in [0, 0.05) is 54.7 Å². The highest BCUT2D eigenvalue weighted by atomic mass is 32.2. The molecule has 3 aliphatic rings. The van der Waals surface area contributed by atoms with Crippen LogP contribution in [-0.2, 0) is 16.1 Å². The van der Waals surface area contributed by atoms with Crippen LogP contribution < -0.4 is 14.2 Å². The van der Waals surface area contributed by atoms with Crippen molar-refractivity contribution < 1.29 is 48.1 Å². The predicted molar refractivity (Wildman–Crippen MR) is 255 cm³/mol. The third-order valence-electron chi connectivity index (χ3n) is 12.5. The van der Waals surface area contributed by atoms with Gasteiger partial charge in [0.25, 0.3) is 5.69 Å². The minimum absolute atomic E-state index is 0.00739. The molecule has 1 heterocycles. The van der Waals surface area contributed by atoms with E-state index in [2.05, 4.69) is 12.7 Å². The number of rotatable bonds is 20. The standard InChI is InChI=1S/C52H60FN3O10S/c1-6-29-62-52-47(55(33-34-13-15-36(53)16-14-34)50(59)64-39-19-17-37(18-20-39)56(60)61)32-45(54-66-51(2,3)4)43-30-35(11-7-9-27-57)42(12-8-10-28-58)48(49(43)52)44-31-40(23-26-46(44)65-52)63-38-21-24-41(67-5)25-22-38/h6,13-26,30-31,35,42,47-49,57-58H,1,7-12,27-29,32-33H2,2-5H3. The molecule has 0 radical (unpaired) electrons. The number of aliphatic hydroxyl groups excluding tert-OH is 2. The number of carbonyl (C=O) groups is 1. The fourth-order valence-corrected chi connectivity index (χ4v) is 9.98. The molecule has 6 unspecified atom stereocenters. The Morgan fingerprint density at radius 1 is 0.970 bits per heavy atom. The Bertz CT molecular complexity index is 2410. The van der Waals surface area contributed by atoms with Crippen LogP contribution in [0.4, 0.5) is 14.9 Å². The minimum atomic E-state index is -1.63. The number of hydrogen-bond acceptors (Lipinski definition) is 12. The van der Waals surface area contributed by atoms with Crippen molar-refractivity contribution in [1.29, 1.82) is 0 Å². The van der Waals surface area contributed by atoms with Crippen LogP contribution in [0.2, 0.25) is 0 Å². The number of benzene rings is 4. The first-order chi connectivity index (χ1) is 32.3. The summed E-state index contributed by atoms with van der Waals surface area (Å²) in [4.78, 5) is 34.9. The summed E-state index contributed by atoms with van der Waals surface area (Å²) in [7, 11) is 0. The van der Waals surface area contributed by atoms with Gasteiger partial charge in [0.1, 0.15) is 40.5 Å². The molecule has 1 aliphatic heterocycles. The highest BCUT2D eigenvalue weighted by molar-refractivity contribution is 7.98. The Morgan fingerprint density at radius 3 is 2.28 bits per heavy atom. The summed E-state index contributed by atoms with van der Waals surface area (Å²) in [5.74, 6) is -1.25. The third kappa shape index (κ3) is 11.5. The van der Waals surface area contributed by atoms with E-state index in [0.29, 0.717) is 41.4 Å². The number of allylic oxidation sites excluding steroid dienone is 1. The number of non-ortho nitro benzene ring substituents is 1. The Balaban J connectivity index is 1.46. The molecule has 4 aromatic rings. The van der Waals surface area contributed by atoms with E-state index < -0.39 is 40.2 Å². The van der Waals surface area contributed by atoms with Crippen LogP contribution in [0.25, 0.3) is 0 Å². The Kier molecular flexibility index (Phi) is 16.1. The monoisotopic (exact) mass is 937 g/mol. The molecule has 7 rings (SSSR count). The maximum absolute atomic E-state index is 15.0. The SMILES string of the molecule is C=CCOC12Oc3ccc(Oc4ccc(SC)cc4)cc3C3C(CCCCO)C(CCCCO)C=C(C(=NOC(C)(C)C)CC1N(Cc1ccc(F)cc1)C(=O)Oc1ccc([N+](=O)[O-])cc1)C32. The molecule has 67 heavy (non-hydrogen) atoms. The molecule has 0 aromatic heterocycles. The lowest BCUT2D eigenvalue weighted by atomic mass is 9.55. The first-order valence-electron chi connectivity index (χ1n) is 22.8. The zero-order valence-electron chi connectivity index (χ0n) is 38.5. The van der Waals surface area contributed by atoms with Crippen LogP contribution in [0, 0.1) is 33.7 Å². The number of amides is 1. The van der Waals surface area contributed by atoms with Crippen molar-refractivity contribution in [1.82, 2.24) is 4.90 Å². The van der Waals surface area contributed by atoms with Crippen LogP contribution in [0.15, 0.2) is 125 Å². The molecule has 0 bridgehead atoms. The van der Waals surface area contributed by atoms with E-state index in [4.69, 9.17) is 28.9 Å². The van der Waals surface area contributed by atoms with E-state index in [0.717, 1.165) is 41.7 Å². The largest absolute Gasteiger partial charge is 0.459 e. The number of ether oxygens (including phenoxy) is 4. The summed E-state index contributed by atoms with van der Waals surface area (Å²) in [6.07, 6.45) is 9.38. The summed E-state index contributed by atoms with van der Waals surface area (Å²) < 4.78 is 41.5. The molecule has 356 valence electrons. The summed E-state index contributed by atoms with van der Waals surface area (Å²) in [5.41, 5.74) is 2.02. The normalized spacial score (nSPS) is 22.4. The molecule has 2 aliphatic carbocycles. The van der Waals surface area contributed by atoms with Gasteiger partial charge in [-0.1, -0.05) is 42.3 Å². The predicted octanol–water partition coefficient (Wildman–Crippen LogP) is 11.4. The molecule has 1 fully saturated rings. The van der Waals surface area contributed by atoms with Crippen LogP contribution in [0.5, 0.6) is 23.0 Å². The van der Waals surface area contributed by atoms with E-state index in [1.54, 1.807) is 30.0 Å². The van der Waals surface area contributed by atoms with Crippen molar-refractivity contribution >= 4 is 29.3 Å². The first-order valence-corrected chi connectivity index (χ1v) is 24.1. The number of nitrogens with zero attached hydrogens (tertiary/aromatic N) is 3. The van der Waals surface area contributed by atoms with Gasteiger partial charge in [0.15, 0.2) is 0 Å². The molecule has 0 spiro atoms. The highest BCUT2D eigenvalue weighted by Crippen LogP contribution is 2.62.